The minimum absolute atomic E-state index is 0.0187. The van der Waals surface area contributed by atoms with Crippen LogP contribution in [0.1, 0.15) is 37.7 Å². The van der Waals surface area contributed by atoms with Crippen LogP contribution >= 0.6 is 27.3 Å². The molecule has 6 heteroatoms. The molecule has 0 radical (unpaired) electrons. The molecule has 2 unspecified atom stereocenters. The third-order valence-electron chi connectivity index (χ3n) is 3.24. The van der Waals surface area contributed by atoms with Gasteiger partial charge in [0.25, 0.3) is 0 Å². The quantitative estimate of drug-likeness (QED) is 0.797. The van der Waals surface area contributed by atoms with Gasteiger partial charge >= 0.3 is 0 Å². The lowest BCUT2D eigenvalue weighted by molar-refractivity contribution is -0.121. The standard InChI is InChI=1S/C16H20BrN3OS/c1-10(18)3-8-15(21)19-11(2)16-20-14(9-22-16)12-4-6-13(17)7-5-12/h4-7,9-11H,3,8,18H2,1-2H3,(H,19,21). The molecule has 2 rings (SSSR count). The van der Waals surface area contributed by atoms with Crippen molar-refractivity contribution in [3.8, 4) is 11.3 Å². The Balaban J connectivity index is 1.98. The Morgan fingerprint density at radius 2 is 2.05 bits per heavy atom. The lowest BCUT2D eigenvalue weighted by Crippen LogP contribution is -2.28. The first kappa shape index (κ1) is 17.1. The van der Waals surface area contributed by atoms with Crippen molar-refractivity contribution in [1.29, 1.82) is 0 Å². The molecule has 0 aliphatic rings. The summed E-state index contributed by atoms with van der Waals surface area (Å²) >= 11 is 4.98. The highest BCUT2D eigenvalue weighted by Gasteiger charge is 2.14. The Labute approximate surface area is 143 Å². The van der Waals surface area contributed by atoms with E-state index in [1.807, 2.05) is 43.5 Å². The van der Waals surface area contributed by atoms with Crippen molar-refractivity contribution in [2.75, 3.05) is 0 Å². The molecular weight excluding hydrogens is 362 g/mol. The monoisotopic (exact) mass is 381 g/mol. The Morgan fingerprint density at radius 3 is 2.68 bits per heavy atom. The van der Waals surface area contributed by atoms with Crippen LogP contribution in [-0.4, -0.2) is 16.9 Å². The van der Waals surface area contributed by atoms with Crippen molar-refractivity contribution in [1.82, 2.24) is 10.3 Å². The van der Waals surface area contributed by atoms with Crippen LogP contribution in [0.2, 0.25) is 0 Å². The van der Waals surface area contributed by atoms with Gasteiger partial charge in [-0.1, -0.05) is 28.1 Å². The lowest BCUT2D eigenvalue weighted by atomic mass is 10.2. The van der Waals surface area contributed by atoms with Gasteiger partial charge in [-0.3, -0.25) is 4.79 Å². The summed E-state index contributed by atoms with van der Waals surface area (Å²) in [4.78, 5) is 16.5. The molecule has 1 aromatic heterocycles. The SMILES string of the molecule is CC(N)CCC(=O)NC(C)c1nc(-c2ccc(Br)cc2)cs1. The summed E-state index contributed by atoms with van der Waals surface area (Å²) in [6.07, 6.45) is 1.15. The number of amides is 1. The van der Waals surface area contributed by atoms with Crippen molar-refractivity contribution in [2.24, 2.45) is 5.73 Å². The molecule has 22 heavy (non-hydrogen) atoms. The highest BCUT2D eigenvalue weighted by atomic mass is 79.9. The smallest absolute Gasteiger partial charge is 0.220 e. The molecule has 0 spiro atoms. The highest BCUT2D eigenvalue weighted by molar-refractivity contribution is 9.10. The molecule has 0 saturated carbocycles. The molecule has 0 fully saturated rings. The molecule has 1 aromatic carbocycles. The van der Waals surface area contributed by atoms with Crippen molar-refractivity contribution in [3.63, 3.8) is 0 Å². The fourth-order valence-corrected chi connectivity index (χ4v) is 3.07. The first-order valence-electron chi connectivity index (χ1n) is 7.22. The topological polar surface area (TPSA) is 68.0 Å². The number of thiazole rings is 1. The number of nitrogens with one attached hydrogen (secondary N) is 1. The van der Waals surface area contributed by atoms with Crippen LogP contribution in [-0.2, 0) is 4.79 Å². The van der Waals surface area contributed by atoms with E-state index in [0.717, 1.165) is 20.7 Å². The number of carbonyl (C=O) groups excluding carboxylic acids is 1. The molecular formula is C16H20BrN3OS. The van der Waals surface area contributed by atoms with E-state index in [1.165, 1.54) is 0 Å². The van der Waals surface area contributed by atoms with Crippen molar-refractivity contribution in [3.05, 3.63) is 39.1 Å². The number of hydrogen-bond acceptors (Lipinski definition) is 4. The predicted molar refractivity (Wildman–Crippen MR) is 94.7 cm³/mol. The van der Waals surface area contributed by atoms with E-state index in [-0.39, 0.29) is 18.0 Å². The molecule has 4 nitrogen and oxygen atoms in total. The van der Waals surface area contributed by atoms with E-state index in [0.29, 0.717) is 12.8 Å². The third kappa shape index (κ3) is 4.90. The number of carbonyl (C=O) groups is 1. The van der Waals surface area contributed by atoms with Crippen LogP contribution in [0.4, 0.5) is 0 Å². The predicted octanol–water partition coefficient (Wildman–Crippen LogP) is 3.88. The second-order valence-electron chi connectivity index (χ2n) is 5.38. The second kappa shape index (κ2) is 7.85. The zero-order valence-corrected chi connectivity index (χ0v) is 15.1. The first-order valence-corrected chi connectivity index (χ1v) is 8.89. The largest absolute Gasteiger partial charge is 0.347 e. The maximum atomic E-state index is 11.9. The summed E-state index contributed by atoms with van der Waals surface area (Å²) in [5.41, 5.74) is 7.67. The van der Waals surface area contributed by atoms with Crippen LogP contribution in [0.25, 0.3) is 11.3 Å². The molecule has 0 aliphatic carbocycles. The maximum Gasteiger partial charge on any atom is 0.220 e. The molecule has 0 bridgehead atoms. The molecule has 118 valence electrons. The van der Waals surface area contributed by atoms with E-state index in [2.05, 4.69) is 26.2 Å². The number of nitrogens with zero attached hydrogens (tertiary/aromatic N) is 1. The minimum Gasteiger partial charge on any atom is -0.347 e. The fourth-order valence-electron chi connectivity index (χ4n) is 1.97. The second-order valence-corrected chi connectivity index (χ2v) is 7.19. The van der Waals surface area contributed by atoms with Gasteiger partial charge in [0, 0.05) is 27.9 Å². The van der Waals surface area contributed by atoms with Gasteiger partial charge in [-0.2, -0.15) is 0 Å². The summed E-state index contributed by atoms with van der Waals surface area (Å²) in [5.74, 6) is 0.0187. The molecule has 1 heterocycles. The number of nitrogens with two attached hydrogens (primary N) is 1. The summed E-state index contributed by atoms with van der Waals surface area (Å²) in [5, 5.41) is 5.90. The van der Waals surface area contributed by atoms with Gasteiger partial charge in [0.15, 0.2) is 0 Å². The number of halogens is 1. The van der Waals surface area contributed by atoms with E-state index in [9.17, 15) is 4.79 Å². The molecule has 2 atom stereocenters. The highest BCUT2D eigenvalue weighted by Crippen LogP contribution is 2.26. The van der Waals surface area contributed by atoms with Crippen LogP contribution in [0.5, 0.6) is 0 Å². The van der Waals surface area contributed by atoms with E-state index >= 15 is 0 Å². The molecule has 0 saturated heterocycles. The van der Waals surface area contributed by atoms with Gasteiger partial charge in [0.05, 0.1) is 11.7 Å². The Morgan fingerprint density at radius 1 is 1.36 bits per heavy atom. The van der Waals surface area contributed by atoms with Crippen LogP contribution in [0.15, 0.2) is 34.1 Å². The molecule has 1 amide bonds. The van der Waals surface area contributed by atoms with Gasteiger partial charge in [-0.15, -0.1) is 11.3 Å². The molecule has 2 aromatic rings. The average Bonchev–Trinajstić information content (AvgIpc) is 2.96. The van der Waals surface area contributed by atoms with Crippen LogP contribution in [0.3, 0.4) is 0 Å². The summed E-state index contributed by atoms with van der Waals surface area (Å²) in [6, 6.07) is 7.99. The van der Waals surface area contributed by atoms with Crippen molar-refractivity contribution < 1.29 is 4.79 Å². The first-order chi connectivity index (χ1) is 10.5. The van der Waals surface area contributed by atoms with Crippen LogP contribution in [0, 0.1) is 0 Å². The Bertz CT molecular complexity index is 625. The fraction of sp³-hybridized carbons (Fsp3) is 0.375. The zero-order valence-electron chi connectivity index (χ0n) is 12.7. The number of hydrogen-bond donors (Lipinski definition) is 2. The summed E-state index contributed by atoms with van der Waals surface area (Å²) < 4.78 is 1.04. The number of benzene rings is 1. The zero-order chi connectivity index (χ0) is 16.1. The van der Waals surface area contributed by atoms with E-state index < -0.39 is 0 Å². The third-order valence-corrected chi connectivity index (χ3v) is 4.79. The average molecular weight is 382 g/mol. The van der Waals surface area contributed by atoms with Gasteiger partial charge in [0.1, 0.15) is 5.01 Å². The van der Waals surface area contributed by atoms with Gasteiger partial charge in [-0.05, 0) is 32.4 Å². The van der Waals surface area contributed by atoms with E-state index in [1.54, 1.807) is 11.3 Å². The van der Waals surface area contributed by atoms with E-state index in [4.69, 9.17) is 5.73 Å². The van der Waals surface area contributed by atoms with Crippen LogP contribution < -0.4 is 11.1 Å². The summed E-state index contributed by atoms with van der Waals surface area (Å²) in [6.45, 7) is 3.86. The molecule has 3 N–H and O–H groups in total. The van der Waals surface area contributed by atoms with Gasteiger partial charge in [0.2, 0.25) is 5.91 Å². The normalized spacial score (nSPS) is 13.6. The lowest BCUT2D eigenvalue weighted by Gasteiger charge is -2.12. The maximum absolute atomic E-state index is 11.9. The Hall–Kier alpha value is -1.24. The summed E-state index contributed by atoms with van der Waals surface area (Å²) in [7, 11) is 0. The van der Waals surface area contributed by atoms with Gasteiger partial charge < -0.3 is 11.1 Å². The Kier molecular flexibility index (Phi) is 6.11. The number of aromatic nitrogens is 1. The minimum atomic E-state index is -0.0882. The van der Waals surface area contributed by atoms with Crippen molar-refractivity contribution in [2.45, 2.75) is 38.8 Å². The molecule has 0 aliphatic heterocycles. The number of rotatable bonds is 6. The van der Waals surface area contributed by atoms with Gasteiger partial charge in [-0.25, -0.2) is 4.98 Å². The van der Waals surface area contributed by atoms with Crippen molar-refractivity contribution >= 4 is 33.2 Å².